The number of benzene rings is 1. The van der Waals surface area contributed by atoms with Gasteiger partial charge in [-0.3, -0.25) is 4.79 Å². The SMILES string of the molecule is Cn1ccnc1C(=O)N1CCc2cccc(N)c2C1. The second-order valence-electron chi connectivity index (χ2n) is 4.82. The van der Waals surface area contributed by atoms with E-state index in [9.17, 15) is 4.79 Å². The fraction of sp³-hybridized carbons (Fsp3) is 0.286. The average Bonchev–Trinajstić information content (AvgIpc) is 2.84. The van der Waals surface area contributed by atoms with Crippen molar-refractivity contribution in [3.05, 3.63) is 47.5 Å². The van der Waals surface area contributed by atoms with Crippen molar-refractivity contribution in [3.63, 3.8) is 0 Å². The normalized spacial score (nSPS) is 14.3. The second kappa shape index (κ2) is 4.42. The summed E-state index contributed by atoms with van der Waals surface area (Å²) in [5, 5.41) is 0. The number of nitrogens with zero attached hydrogens (tertiary/aromatic N) is 3. The Hall–Kier alpha value is -2.30. The van der Waals surface area contributed by atoms with E-state index in [-0.39, 0.29) is 5.91 Å². The quantitative estimate of drug-likeness (QED) is 0.780. The lowest BCUT2D eigenvalue weighted by Gasteiger charge is -2.29. The number of hydrogen-bond acceptors (Lipinski definition) is 3. The minimum atomic E-state index is -0.0404. The van der Waals surface area contributed by atoms with Gasteiger partial charge in [-0.05, 0) is 23.6 Å². The standard InChI is InChI=1S/C14H16N4O/c1-17-8-6-16-13(17)14(19)18-7-5-10-3-2-4-12(15)11(10)9-18/h2-4,6,8H,5,7,9,15H2,1H3. The zero-order chi connectivity index (χ0) is 13.4. The van der Waals surface area contributed by atoms with Gasteiger partial charge in [0.15, 0.2) is 5.82 Å². The van der Waals surface area contributed by atoms with Gasteiger partial charge < -0.3 is 15.2 Å². The fourth-order valence-corrected chi connectivity index (χ4v) is 2.49. The predicted octanol–water partition coefficient (Wildman–Crippen LogP) is 1.20. The van der Waals surface area contributed by atoms with Gasteiger partial charge in [-0.1, -0.05) is 12.1 Å². The van der Waals surface area contributed by atoms with Gasteiger partial charge >= 0.3 is 0 Å². The first kappa shape index (κ1) is 11.8. The van der Waals surface area contributed by atoms with Crippen LogP contribution < -0.4 is 5.73 Å². The number of carbonyl (C=O) groups excluding carboxylic acids is 1. The maximum Gasteiger partial charge on any atom is 0.290 e. The maximum atomic E-state index is 12.4. The van der Waals surface area contributed by atoms with E-state index in [0.717, 1.165) is 17.7 Å². The molecule has 19 heavy (non-hydrogen) atoms. The van der Waals surface area contributed by atoms with Crippen molar-refractivity contribution in [3.8, 4) is 0 Å². The number of aryl methyl sites for hydroxylation is 1. The first-order valence-corrected chi connectivity index (χ1v) is 6.29. The van der Waals surface area contributed by atoms with Gasteiger partial charge in [-0.2, -0.15) is 0 Å². The molecular formula is C14H16N4O. The van der Waals surface area contributed by atoms with E-state index >= 15 is 0 Å². The van der Waals surface area contributed by atoms with Crippen LogP contribution in [0.4, 0.5) is 5.69 Å². The molecule has 0 radical (unpaired) electrons. The number of carbonyl (C=O) groups is 1. The van der Waals surface area contributed by atoms with Crippen LogP contribution in [0.1, 0.15) is 21.7 Å². The Labute approximate surface area is 111 Å². The van der Waals surface area contributed by atoms with Crippen LogP contribution in [0.25, 0.3) is 0 Å². The fourth-order valence-electron chi connectivity index (χ4n) is 2.49. The van der Waals surface area contributed by atoms with E-state index in [0.29, 0.717) is 18.9 Å². The number of anilines is 1. The molecule has 0 fully saturated rings. The summed E-state index contributed by atoms with van der Waals surface area (Å²) in [5.41, 5.74) is 9.06. The third-order valence-corrected chi connectivity index (χ3v) is 3.61. The summed E-state index contributed by atoms with van der Waals surface area (Å²) in [6.45, 7) is 1.27. The number of nitrogen functional groups attached to an aromatic ring is 1. The van der Waals surface area contributed by atoms with Crippen molar-refractivity contribution < 1.29 is 4.79 Å². The third kappa shape index (κ3) is 1.97. The zero-order valence-electron chi connectivity index (χ0n) is 10.8. The molecule has 0 atom stereocenters. The molecule has 1 amide bonds. The van der Waals surface area contributed by atoms with E-state index in [1.807, 2.05) is 19.2 Å². The van der Waals surface area contributed by atoms with Crippen LogP contribution in [0.5, 0.6) is 0 Å². The van der Waals surface area contributed by atoms with E-state index in [1.54, 1.807) is 21.9 Å². The van der Waals surface area contributed by atoms with Gasteiger partial charge in [-0.15, -0.1) is 0 Å². The van der Waals surface area contributed by atoms with Crippen LogP contribution in [-0.2, 0) is 20.0 Å². The number of nitrogens with two attached hydrogens (primary N) is 1. The van der Waals surface area contributed by atoms with Gasteiger partial charge in [0.25, 0.3) is 5.91 Å². The molecule has 3 rings (SSSR count). The molecule has 1 aliphatic rings. The minimum absolute atomic E-state index is 0.0404. The number of imidazole rings is 1. The molecule has 5 nitrogen and oxygen atoms in total. The molecule has 0 saturated carbocycles. The van der Waals surface area contributed by atoms with Crippen LogP contribution in [-0.4, -0.2) is 26.9 Å². The highest BCUT2D eigenvalue weighted by Gasteiger charge is 2.25. The van der Waals surface area contributed by atoms with Gasteiger partial charge in [0.05, 0.1) is 0 Å². The van der Waals surface area contributed by atoms with Crippen molar-refractivity contribution in [2.75, 3.05) is 12.3 Å². The molecule has 2 aromatic rings. The largest absolute Gasteiger partial charge is 0.398 e. The summed E-state index contributed by atoms with van der Waals surface area (Å²) in [6, 6.07) is 5.92. The molecule has 0 unspecified atom stereocenters. The lowest BCUT2D eigenvalue weighted by Crippen LogP contribution is -2.37. The molecule has 0 aliphatic carbocycles. The van der Waals surface area contributed by atoms with Crippen molar-refractivity contribution in [2.45, 2.75) is 13.0 Å². The molecule has 0 bridgehead atoms. The van der Waals surface area contributed by atoms with Crippen molar-refractivity contribution in [1.82, 2.24) is 14.5 Å². The van der Waals surface area contributed by atoms with Crippen molar-refractivity contribution >= 4 is 11.6 Å². The maximum absolute atomic E-state index is 12.4. The summed E-state index contributed by atoms with van der Waals surface area (Å²) >= 11 is 0. The van der Waals surface area contributed by atoms with Crippen LogP contribution >= 0.6 is 0 Å². The van der Waals surface area contributed by atoms with E-state index in [4.69, 9.17) is 5.73 Å². The molecule has 5 heteroatoms. The Morgan fingerprint density at radius 3 is 3.00 bits per heavy atom. The Morgan fingerprint density at radius 2 is 2.26 bits per heavy atom. The molecule has 1 aromatic heterocycles. The highest BCUT2D eigenvalue weighted by atomic mass is 16.2. The molecule has 98 valence electrons. The lowest BCUT2D eigenvalue weighted by atomic mass is 9.98. The topological polar surface area (TPSA) is 64.2 Å². The number of amides is 1. The monoisotopic (exact) mass is 256 g/mol. The van der Waals surface area contributed by atoms with Crippen LogP contribution in [0.2, 0.25) is 0 Å². The Kier molecular flexibility index (Phi) is 2.74. The highest BCUT2D eigenvalue weighted by Crippen LogP contribution is 2.24. The molecule has 0 saturated heterocycles. The Bertz CT molecular complexity index is 632. The van der Waals surface area contributed by atoms with Crippen LogP contribution in [0, 0.1) is 0 Å². The Balaban J connectivity index is 1.88. The summed E-state index contributed by atoms with van der Waals surface area (Å²) in [5.74, 6) is 0.430. The van der Waals surface area contributed by atoms with Gasteiger partial charge in [0.2, 0.25) is 0 Å². The number of rotatable bonds is 1. The van der Waals surface area contributed by atoms with Crippen molar-refractivity contribution in [1.29, 1.82) is 0 Å². The minimum Gasteiger partial charge on any atom is -0.398 e. The average molecular weight is 256 g/mol. The first-order chi connectivity index (χ1) is 9.16. The van der Waals surface area contributed by atoms with Gasteiger partial charge in [0.1, 0.15) is 0 Å². The van der Waals surface area contributed by atoms with E-state index in [2.05, 4.69) is 11.1 Å². The first-order valence-electron chi connectivity index (χ1n) is 6.29. The van der Waals surface area contributed by atoms with Crippen molar-refractivity contribution in [2.24, 2.45) is 7.05 Å². The van der Waals surface area contributed by atoms with E-state index in [1.165, 1.54) is 5.56 Å². The summed E-state index contributed by atoms with van der Waals surface area (Å²) < 4.78 is 1.74. The number of hydrogen-bond donors (Lipinski definition) is 1. The summed E-state index contributed by atoms with van der Waals surface area (Å²) in [7, 11) is 1.83. The van der Waals surface area contributed by atoms with E-state index < -0.39 is 0 Å². The van der Waals surface area contributed by atoms with Gasteiger partial charge in [-0.25, -0.2) is 4.98 Å². The lowest BCUT2D eigenvalue weighted by molar-refractivity contribution is 0.0719. The third-order valence-electron chi connectivity index (χ3n) is 3.61. The summed E-state index contributed by atoms with van der Waals surface area (Å²) in [6.07, 6.45) is 4.26. The molecule has 2 N–H and O–H groups in total. The molecule has 0 spiro atoms. The number of fused-ring (bicyclic) bond motifs is 1. The summed E-state index contributed by atoms with van der Waals surface area (Å²) in [4.78, 5) is 18.3. The zero-order valence-corrected chi connectivity index (χ0v) is 10.8. The number of aromatic nitrogens is 2. The smallest absolute Gasteiger partial charge is 0.290 e. The van der Waals surface area contributed by atoms with Gasteiger partial charge in [0, 0.05) is 38.2 Å². The van der Waals surface area contributed by atoms with Crippen LogP contribution in [0.3, 0.4) is 0 Å². The Morgan fingerprint density at radius 1 is 1.42 bits per heavy atom. The second-order valence-corrected chi connectivity index (χ2v) is 4.82. The molecule has 1 aliphatic heterocycles. The molecule has 2 heterocycles. The predicted molar refractivity (Wildman–Crippen MR) is 72.5 cm³/mol. The van der Waals surface area contributed by atoms with Crippen LogP contribution in [0.15, 0.2) is 30.6 Å². The molecular weight excluding hydrogens is 240 g/mol. The molecule has 1 aromatic carbocycles. The highest BCUT2D eigenvalue weighted by molar-refractivity contribution is 5.91.